The number of rotatable bonds is 5. The van der Waals surface area contributed by atoms with Crippen molar-refractivity contribution in [2.45, 2.75) is 58.4 Å². The maximum absolute atomic E-state index is 2.79. The summed E-state index contributed by atoms with van der Waals surface area (Å²) in [4.78, 5) is 5.27. The van der Waals surface area contributed by atoms with Gasteiger partial charge >= 0.3 is 0 Å². The van der Waals surface area contributed by atoms with E-state index in [1.54, 1.807) is 0 Å². The molecular weight excluding hydrogens is 208 g/mol. The fourth-order valence-corrected chi connectivity index (χ4v) is 3.95. The van der Waals surface area contributed by atoms with Crippen LogP contribution < -0.4 is 0 Å². The second kappa shape index (κ2) is 5.71. The third-order valence-corrected chi connectivity index (χ3v) is 4.83. The van der Waals surface area contributed by atoms with Crippen molar-refractivity contribution >= 4 is 0 Å². The molecule has 0 aromatic rings. The van der Waals surface area contributed by atoms with Crippen LogP contribution in [0.5, 0.6) is 0 Å². The highest BCUT2D eigenvalue weighted by Gasteiger charge is 2.43. The zero-order valence-electron chi connectivity index (χ0n) is 12.0. The van der Waals surface area contributed by atoms with Gasteiger partial charge in [0, 0.05) is 19.1 Å². The van der Waals surface area contributed by atoms with Gasteiger partial charge in [0.2, 0.25) is 0 Å². The van der Waals surface area contributed by atoms with Crippen LogP contribution in [-0.4, -0.2) is 49.1 Å². The maximum atomic E-state index is 2.79. The van der Waals surface area contributed by atoms with Gasteiger partial charge in [-0.3, -0.25) is 0 Å². The molecule has 2 aliphatic heterocycles. The quantitative estimate of drug-likeness (QED) is 0.726. The van der Waals surface area contributed by atoms with Gasteiger partial charge in [-0.1, -0.05) is 26.7 Å². The maximum Gasteiger partial charge on any atom is 0.00950 e. The van der Waals surface area contributed by atoms with Crippen molar-refractivity contribution in [3.8, 4) is 0 Å². The van der Waals surface area contributed by atoms with E-state index >= 15 is 0 Å². The topological polar surface area (TPSA) is 6.48 Å². The first-order valence-corrected chi connectivity index (χ1v) is 7.62. The summed E-state index contributed by atoms with van der Waals surface area (Å²) in [6, 6.07) is 0.875. The van der Waals surface area contributed by atoms with Crippen LogP contribution >= 0.6 is 0 Å². The number of likely N-dealkylation sites (tertiary alicyclic amines) is 2. The molecule has 2 aliphatic rings. The van der Waals surface area contributed by atoms with Crippen molar-refractivity contribution < 1.29 is 0 Å². The molecule has 100 valence electrons. The van der Waals surface area contributed by atoms with Crippen molar-refractivity contribution in [2.75, 3.05) is 33.2 Å². The van der Waals surface area contributed by atoms with Crippen LogP contribution in [0.1, 0.15) is 52.4 Å². The van der Waals surface area contributed by atoms with Crippen LogP contribution in [0.25, 0.3) is 0 Å². The van der Waals surface area contributed by atoms with Gasteiger partial charge < -0.3 is 9.80 Å². The summed E-state index contributed by atoms with van der Waals surface area (Å²) in [6.45, 7) is 10.1. The van der Waals surface area contributed by atoms with Crippen molar-refractivity contribution in [1.82, 2.24) is 9.80 Å². The third kappa shape index (κ3) is 3.03. The summed E-state index contributed by atoms with van der Waals surface area (Å²) < 4.78 is 0. The lowest BCUT2D eigenvalue weighted by atomic mass is 9.72. The van der Waals surface area contributed by atoms with E-state index in [0.29, 0.717) is 5.41 Å². The van der Waals surface area contributed by atoms with Gasteiger partial charge in [0.15, 0.2) is 0 Å². The Labute approximate surface area is 107 Å². The Morgan fingerprint density at radius 1 is 1.00 bits per heavy atom. The Morgan fingerprint density at radius 3 is 1.94 bits per heavy atom. The molecule has 0 aliphatic carbocycles. The summed E-state index contributed by atoms with van der Waals surface area (Å²) in [6.07, 6.45) is 8.38. The van der Waals surface area contributed by atoms with Gasteiger partial charge in [-0.15, -0.1) is 0 Å². The van der Waals surface area contributed by atoms with Crippen LogP contribution in [0, 0.1) is 5.41 Å². The van der Waals surface area contributed by atoms with E-state index in [-0.39, 0.29) is 0 Å². The minimum atomic E-state index is 0.716. The Kier molecular flexibility index (Phi) is 4.48. The Hall–Kier alpha value is -0.0800. The smallest absolute Gasteiger partial charge is 0.00950 e. The molecule has 2 heteroatoms. The second-order valence-corrected chi connectivity index (χ2v) is 6.44. The molecule has 2 fully saturated rings. The standard InChI is InChI=1S/C15H30N2/c1-4-6-14(7-5-2)17-10-8-15(9-11-17)12-16(3)13-15/h14H,4-13H2,1-3H3. The molecule has 1 spiro atoms. The van der Waals surface area contributed by atoms with E-state index in [1.165, 1.54) is 64.7 Å². The van der Waals surface area contributed by atoms with Crippen LogP contribution in [0.4, 0.5) is 0 Å². The molecular formula is C15H30N2. The number of piperidine rings is 1. The molecule has 2 nitrogen and oxygen atoms in total. The molecule has 0 amide bonds. The lowest BCUT2D eigenvalue weighted by Gasteiger charge is -2.54. The van der Waals surface area contributed by atoms with Crippen molar-refractivity contribution in [1.29, 1.82) is 0 Å². The highest BCUT2D eigenvalue weighted by atomic mass is 15.2. The normalized spacial score (nSPS) is 25.4. The first-order valence-electron chi connectivity index (χ1n) is 7.62. The van der Waals surface area contributed by atoms with E-state index in [1.807, 2.05) is 0 Å². The molecule has 0 N–H and O–H groups in total. The molecule has 0 radical (unpaired) electrons. The minimum Gasteiger partial charge on any atom is -0.305 e. The molecule has 2 rings (SSSR count). The van der Waals surface area contributed by atoms with E-state index < -0.39 is 0 Å². The van der Waals surface area contributed by atoms with Gasteiger partial charge in [-0.05, 0) is 51.2 Å². The molecule has 2 heterocycles. The molecule has 0 saturated carbocycles. The van der Waals surface area contributed by atoms with E-state index in [2.05, 4.69) is 30.7 Å². The molecule has 0 aromatic carbocycles. The van der Waals surface area contributed by atoms with Gasteiger partial charge in [0.25, 0.3) is 0 Å². The van der Waals surface area contributed by atoms with Crippen molar-refractivity contribution in [2.24, 2.45) is 5.41 Å². The largest absolute Gasteiger partial charge is 0.305 e. The van der Waals surface area contributed by atoms with Crippen LogP contribution in [0.15, 0.2) is 0 Å². The van der Waals surface area contributed by atoms with Gasteiger partial charge in [0.05, 0.1) is 0 Å². The summed E-state index contributed by atoms with van der Waals surface area (Å²) in [5, 5.41) is 0. The van der Waals surface area contributed by atoms with Crippen molar-refractivity contribution in [3.63, 3.8) is 0 Å². The first-order chi connectivity index (χ1) is 8.19. The molecule has 2 saturated heterocycles. The number of hydrogen-bond acceptors (Lipinski definition) is 2. The Morgan fingerprint density at radius 2 is 1.53 bits per heavy atom. The average Bonchev–Trinajstić information content (AvgIpc) is 2.28. The Bertz CT molecular complexity index is 217. The second-order valence-electron chi connectivity index (χ2n) is 6.44. The first kappa shape index (κ1) is 13.4. The summed E-state index contributed by atoms with van der Waals surface area (Å²) >= 11 is 0. The zero-order chi connectivity index (χ0) is 12.3. The Balaban J connectivity index is 1.80. The minimum absolute atomic E-state index is 0.716. The van der Waals surface area contributed by atoms with Crippen molar-refractivity contribution in [3.05, 3.63) is 0 Å². The lowest BCUT2D eigenvalue weighted by Crippen LogP contribution is -2.59. The fraction of sp³-hybridized carbons (Fsp3) is 1.00. The lowest BCUT2D eigenvalue weighted by molar-refractivity contribution is -0.0415. The highest BCUT2D eigenvalue weighted by molar-refractivity contribution is 4.97. The van der Waals surface area contributed by atoms with Gasteiger partial charge in [-0.2, -0.15) is 0 Å². The highest BCUT2D eigenvalue weighted by Crippen LogP contribution is 2.40. The molecule has 0 atom stereocenters. The number of hydrogen-bond donors (Lipinski definition) is 0. The predicted octanol–water partition coefficient (Wildman–Crippen LogP) is 2.98. The summed E-state index contributed by atoms with van der Waals surface area (Å²) in [5.41, 5.74) is 0.716. The summed E-state index contributed by atoms with van der Waals surface area (Å²) in [7, 11) is 2.26. The fourth-order valence-electron chi connectivity index (χ4n) is 3.95. The molecule has 17 heavy (non-hydrogen) atoms. The molecule has 0 unspecified atom stereocenters. The predicted molar refractivity (Wildman–Crippen MR) is 74.3 cm³/mol. The van der Waals surface area contributed by atoms with E-state index in [4.69, 9.17) is 0 Å². The summed E-state index contributed by atoms with van der Waals surface area (Å²) in [5.74, 6) is 0. The van der Waals surface area contributed by atoms with Crippen LogP contribution in [-0.2, 0) is 0 Å². The van der Waals surface area contributed by atoms with Gasteiger partial charge in [0.1, 0.15) is 0 Å². The monoisotopic (exact) mass is 238 g/mol. The molecule has 0 aromatic heterocycles. The molecule has 0 bridgehead atoms. The zero-order valence-corrected chi connectivity index (χ0v) is 12.0. The third-order valence-electron chi connectivity index (χ3n) is 4.83. The van der Waals surface area contributed by atoms with Crippen LogP contribution in [0.2, 0.25) is 0 Å². The van der Waals surface area contributed by atoms with E-state index in [9.17, 15) is 0 Å². The van der Waals surface area contributed by atoms with E-state index in [0.717, 1.165) is 6.04 Å². The SMILES string of the molecule is CCCC(CCC)N1CCC2(CC1)CN(C)C2. The van der Waals surface area contributed by atoms with Gasteiger partial charge in [-0.25, -0.2) is 0 Å². The van der Waals surface area contributed by atoms with Crippen LogP contribution in [0.3, 0.4) is 0 Å². The average molecular weight is 238 g/mol. The number of nitrogens with zero attached hydrogens (tertiary/aromatic N) is 2.